The van der Waals surface area contributed by atoms with Crippen molar-refractivity contribution in [3.05, 3.63) is 94.0 Å². The van der Waals surface area contributed by atoms with Gasteiger partial charge in [0.25, 0.3) is 5.91 Å². The predicted molar refractivity (Wildman–Crippen MR) is 156 cm³/mol. The number of benzene rings is 2. The molecule has 0 fully saturated rings. The lowest BCUT2D eigenvalue weighted by Gasteiger charge is -2.19. The number of esters is 2. The van der Waals surface area contributed by atoms with Crippen LogP contribution in [0.1, 0.15) is 53.0 Å². The van der Waals surface area contributed by atoms with E-state index in [1.165, 1.54) is 62.3 Å². The van der Waals surface area contributed by atoms with Gasteiger partial charge in [-0.3, -0.25) is 9.59 Å². The molecular formula is C31H32F2N2O6S. The first-order chi connectivity index (χ1) is 20.0. The van der Waals surface area contributed by atoms with Gasteiger partial charge in [0.2, 0.25) is 5.75 Å². The molecule has 0 aliphatic heterocycles. The molecule has 1 N–H and O–H groups in total. The van der Waals surface area contributed by atoms with Crippen molar-refractivity contribution in [3.8, 4) is 11.5 Å². The summed E-state index contributed by atoms with van der Waals surface area (Å²) in [6, 6.07) is 8.65. The summed E-state index contributed by atoms with van der Waals surface area (Å²) >= 11 is 1.46. The van der Waals surface area contributed by atoms with Gasteiger partial charge in [-0.1, -0.05) is 12.1 Å². The van der Waals surface area contributed by atoms with Crippen LogP contribution < -0.4 is 14.8 Å². The predicted octanol–water partition coefficient (Wildman–Crippen LogP) is 5.78. The number of aryl methyl sites for hydroxylation is 2. The van der Waals surface area contributed by atoms with Crippen LogP contribution in [-0.2, 0) is 14.3 Å². The Morgan fingerprint density at radius 3 is 2.12 bits per heavy atom. The smallest absolute Gasteiger partial charge is 0.333 e. The number of hydrogen-bond donors (Lipinski definition) is 1. The fourth-order valence-corrected chi connectivity index (χ4v) is 4.53. The third kappa shape index (κ3) is 7.94. The van der Waals surface area contributed by atoms with Crippen molar-refractivity contribution in [2.75, 3.05) is 19.1 Å². The highest BCUT2D eigenvalue weighted by molar-refractivity contribution is 7.98. The molecule has 3 aromatic rings. The number of nitrogens with zero attached hydrogens (tertiary/aromatic N) is 1. The molecule has 0 saturated carbocycles. The number of carbonyl (C=O) groups excluding carboxylic acids is 3. The maximum absolute atomic E-state index is 13.9. The first-order valence-corrected chi connectivity index (χ1v) is 14.3. The second-order valence-corrected chi connectivity index (χ2v) is 10.4. The first kappa shape index (κ1) is 32.3. The number of thioether (sulfide) groups is 1. The Morgan fingerprint density at radius 1 is 1.00 bits per heavy atom. The summed E-state index contributed by atoms with van der Waals surface area (Å²) in [5.74, 6) is -2.40. The van der Waals surface area contributed by atoms with Crippen LogP contribution in [0.15, 0.2) is 54.4 Å². The van der Waals surface area contributed by atoms with E-state index < -0.39 is 35.5 Å². The van der Waals surface area contributed by atoms with Crippen LogP contribution >= 0.6 is 11.8 Å². The van der Waals surface area contributed by atoms with E-state index >= 15 is 0 Å². The molecule has 2 aromatic carbocycles. The van der Waals surface area contributed by atoms with Crippen LogP contribution in [0.2, 0.25) is 0 Å². The normalized spacial score (nSPS) is 11.3. The monoisotopic (exact) mass is 598 g/mol. The number of allylic oxidation sites excluding steroid dienone is 1. The van der Waals surface area contributed by atoms with Crippen LogP contribution in [-0.4, -0.2) is 48.0 Å². The average Bonchev–Trinajstić information content (AvgIpc) is 2.94. The Kier molecular flexibility index (Phi) is 11.2. The van der Waals surface area contributed by atoms with Crippen molar-refractivity contribution in [2.45, 2.75) is 40.2 Å². The molecule has 0 aliphatic rings. The van der Waals surface area contributed by atoms with Gasteiger partial charge >= 0.3 is 11.9 Å². The second-order valence-electron chi connectivity index (χ2n) is 9.37. The van der Waals surface area contributed by atoms with E-state index in [1.807, 2.05) is 6.26 Å². The molecule has 3 rings (SSSR count). The van der Waals surface area contributed by atoms with Gasteiger partial charge in [-0.25, -0.2) is 18.6 Å². The van der Waals surface area contributed by atoms with E-state index in [4.69, 9.17) is 14.2 Å². The summed E-state index contributed by atoms with van der Waals surface area (Å²) in [5.41, 5.74) is 2.54. The number of halogens is 2. The second kappa shape index (κ2) is 14.6. The van der Waals surface area contributed by atoms with Gasteiger partial charge in [0, 0.05) is 23.6 Å². The third-order valence-electron chi connectivity index (χ3n) is 6.25. The summed E-state index contributed by atoms with van der Waals surface area (Å²) in [5, 5.41) is 2.52. The molecule has 0 saturated heterocycles. The fraction of sp³-hybridized carbons (Fsp3) is 0.290. The standard InChI is InChI=1S/C31H32F2N2O6S/c1-17-15-21(32)7-9-23(17)27(24-10-8-22(33)16-18(24)2)20(4)40-31(38)19(3)35-30(37)28-29(25(39-5)11-13-34-28)41-26(36)12-14-42-6/h7-11,13,15-16,19H,12,14H2,1-6H3,(H,35,37)/t19-/m0/s1. The molecule has 11 heteroatoms. The summed E-state index contributed by atoms with van der Waals surface area (Å²) in [4.78, 5) is 42.6. The summed E-state index contributed by atoms with van der Waals surface area (Å²) in [6.07, 6.45) is 3.27. The molecule has 0 radical (unpaired) electrons. The number of ether oxygens (including phenoxy) is 3. The summed E-state index contributed by atoms with van der Waals surface area (Å²) in [6.45, 7) is 6.40. The van der Waals surface area contributed by atoms with Gasteiger partial charge in [-0.2, -0.15) is 11.8 Å². The lowest BCUT2D eigenvalue weighted by molar-refractivity contribution is -0.141. The van der Waals surface area contributed by atoms with Crippen LogP contribution in [0.5, 0.6) is 11.5 Å². The number of rotatable bonds is 11. The Hall–Kier alpha value is -4.25. The van der Waals surface area contributed by atoms with Crippen LogP contribution in [0.25, 0.3) is 5.57 Å². The first-order valence-electron chi connectivity index (χ1n) is 13.0. The molecular weight excluding hydrogens is 566 g/mol. The Morgan fingerprint density at radius 2 is 1.60 bits per heavy atom. The zero-order valence-electron chi connectivity index (χ0n) is 24.2. The van der Waals surface area contributed by atoms with Gasteiger partial charge in [0.05, 0.1) is 13.5 Å². The topological polar surface area (TPSA) is 104 Å². The minimum atomic E-state index is -1.16. The molecule has 1 heterocycles. The highest BCUT2D eigenvalue weighted by Gasteiger charge is 2.26. The zero-order valence-corrected chi connectivity index (χ0v) is 25.0. The number of amides is 1. The molecule has 1 amide bonds. The number of nitrogens with one attached hydrogen (secondary N) is 1. The Labute approximate surface area is 247 Å². The van der Waals surface area contributed by atoms with Crippen molar-refractivity contribution < 1.29 is 37.4 Å². The van der Waals surface area contributed by atoms with E-state index in [1.54, 1.807) is 32.9 Å². The molecule has 1 atom stereocenters. The van der Waals surface area contributed by atoms with Gasteiger partial charge in [0.1, 0.15) is 23.4 Å². The zero-order chi connectivity index (χ0) is 31.0. The Balaban J connectivity index is 1.90. The minimum Gasteiger partial charge on any atom is -0.493 e. The number of carbonyl (C=O) groups is 3. The van der Waals surface area contributed by atoms with E-state index in [2.05, 4.69) is 10.3 Å². The van der Waals surface area contributed by atoms with E-state index in [0.29, 0.717) is 33.6 Å². The molecule has 222 valence electrons. The number of aromatic nitrogens is 1. The highest BCUT2D eigenvalue weighted by Crippen LogP contribution is 2.33. The van der Waals surface area contributed by atoms with Gasteiger partial charge in [0.15, 0.2) is 11.4 Å². The molecule has 1 aromatic heterocycles. The molecule has 0 spiro atoms. The quantitative estimate of drug-likeness (QED) is 0.219. The van der Waals surface area contributed by atoms with Crippen molar-refractivity contribution in [1.82, 2.24) is 10.3 Å². The van der Waals surface area contributed by atoms with Crippen molar-refractivity contribution in [1.29, 1.82) is 0 Å². The van der Waals surface area contributed by atoms with E-state index in [9.17, 15) is 23.2 Å². The minimum absolute atomic E-state index is 0.109. The highest BCUT2D eigenvalue weighted by atomic mass is 32.2. The van der Waals surface area contributed by atoms with Gasteiger partial charge in [-0.15, -0.1) is 0 Å². The van der Waals surface area contributed by atoms with E-state index in [0.717, 1.165) is 0 Å². The average molecular weight is 599 g/mol. The van der Waals surface area contributed by atoms with Crippen LogP contribution in [0.4, 0.5) is 8.78 Å². The summed E-state index contributed by atoms with van der Waals surface area (Å²) < 4.78 is 44.1. The van der Waals surface area contributed by atoms with E-state index in [-0.39, 0.29) is 29.4 Å². The molecule has 0 bridgehead atoms. The van der Waals surface area contributed by atoms with Crippen LogP contribution in [0, 0.1) is 25.5 Å². The van der Waals surface area contributed by atoms with Gasteiger partial charge < -0.3 is 19.5 Å². The SMILES string of the molecule is COc1ccnc(C(=O)N[C@@H](C)C(=O)OC(C)=C(c2ccc(F)cc2C)c2ccc(F)cc2C)c1OC(=O)CCSC. The van der Waals surface area contributed by atoms with Crippen molar-refractivity contribution in [3.63, 3.8) is 0 Å². The number of hydrogen-bond acceptors (Lipinski definition) is 8. The third-order valence-corrected chi connectivity index (χ3v) is 6.86. The Bertz CT molecular complexity index is 1470. The largest absolute Gasteiger partial charge is 0.493 e. The molecule has 42 heavy (non-hydrogen) atoms. The number of pyridine rings is 1. The molecule has 0 aliphatic carbocycles. The van der Waals surface area contributed by atoms with Crippen molar-refractivity contribution in [2.24, 2.45) is 0 Å². The van der Waals surface area contributed by atoms with Gasteiger partial charge in [-0.05, 0) is 80.5 Å². The lowest BCUT2D eigenvalue weighted by Crippen LogP contribution is -2.40. The number of methoxy groups -OCH3 is 1. The van der Waals surface area contributed by atoms with Crippen LogP contribution in [0.3, 0.4) is 0 Å². The van der Waals surface area contributed by atoms with Crippen molar-refractivity contribution >= 4 is 35.2 Å². The molecule has 8 nitrogen and oxygen atoms in total. The maximum atomic E-state index is 13.9. The summed E-state index contributed by atoms with van der Waals surface area (Å²) in [7, 11) is 1.36. The fourth-order valence-electron chi connectivity index (χ4n) is 4.16. The lowest BCUT2D eigenvalue weighted by atomic mass is 9.90. The maximum Gasteiger partial charge on any atom is 0.333 e. The molecule has 0 unspecified atom stereocenters.